The van der Waals surface area contributed by atoms with E-state index in [0.29, 0.717) is 11.8 Å². The molecular weight excluding hydrogens is 272 g/mol. The second-order valence-electron chi connectivity index (χ2n) is 4.21. The molecular formula is C12H15ClN2S2. The van der Waals surface area contributed by atoms with Gasteiger partial charge >= 0.3 is 0 Å². The van der Waals surface area contributed by atoms with E-state index in [0.717, 1.165) is 15.6 Å². The van der Waals surface area contributed by atoms with E-state index in [9.17, 15) is 0 Å². The highest BCUT2D eigenvalue weighted by Gasteiger charge is 2.13. The monoisotopic (exact) mass is 286 g/mol. The van der Waals surface area contributed by atoms with Gasteiger partial charge in [0.25, 0.3) is 0 Å². The molecule has 0 spiro atoms. The number of rotatable bonds is 4. The first kappa shape index (κ1) is 13.1. The van der Waals surface area contributed by atoms with Crippen LogP contribution >= 0.6 is 34.7 Å². The average molecular weight is 287 g/mol. The van der Waals surface area contributed by atoms with Crippen LogP contribution in [0.4, 0.5) is 0 Å². The Morgan fingerprint density at radius 2 is 2.18 bits per heavy atom. The lowest BCUT2D eigenvalue weighted by Gasteiger charge is -2.07. The molecule has 0 aliphatic heterocycles. The maximum Gasteiger partial charge on any atom is 0.128 e. The maximum absolute atomic E-state index is 5.83. The zero-order chi connectivity index (χ0) is 12.4. The van der Waals surface area contributed by atoms with Crippen molar-refractivity contribution in [1.29, 1.82) is 0 Å². The summed E-state index contributed by atoms with van der Waals surface area (Å²) in [6.45, 7) is 6.44. The van der Waals surface area contributed by atoms with Crippen LogP contribution in [-0.2, 0) is 0 Å². The number of hydrogen-bond donors (Lipinski definition) is 0. The van der Waals surface area contributed by atoms with Crippen molar-refractivity contribution in [3.05, 3.63) is 16.8 Å². The van der Waals surface area contributed by atoms with Crippen LogP contribution in [0.1, 0.15) is 17.4 Å². The third kappa shape index (κ3) is 2.75. The van der Waals surface area contributed by atoms with Crippen LogP contribution in [0.25, 0.3) is 10.2 Å². The first-order valence-electron chi connectivity index (χ1n) is 5.53. The highest BCUT2D eigenvalue weighted by Crippen LogP contribution is 2.34. The van der Waals surface area contributed by atoms with Gasteiger partial charge in [0.2, 0.25) is 0 Å². The fourth-order valence-electron chi connectivity index (χ4n) is 1.53. The Kier molecular flexibility index (Phi) is 4.28. The van der Waals surface area contributed by atoms with Gasteiger partial charge in [0.1, 0.15) is 16.2 Å². The molecule has 2 aromatic heterocycles. The predicted molar refractivity (Wildman–Crippen MR) is 77.5 cm³/mol. The van der Waals surface area contributed by atoms with Crippen LogP contribution in [0.15, 0.2) is 11.4 Å². The third-order valence-electron chi connectivity index (χ3n) is 2.70. The Hall–Kier alpha value is -0.320. The fraction of sp³-hybridized carbons (Fsp3) is 0.500. The van der Waals surface area contributed by atoms with E-state index in [-0.39, 0.29) is 0 Å². The van der Waals surface area contributed by atoms with Gasteiger partial charge in [-0.3, -0.25) is 0 Å². The van der Waals surface area contributed by atoms with Crippen LogP contribution in [0.3, 0.4) is 0 Å². The second-order valence-corrected chi connectivity index (χ2v) is 6.73. The zero-order valence-electron chi connectivity index (χ0n) is 10.2. The van der Waals surface area contributed by atoms with E-state index in [1.165, 1.54) is 15.8 Å². The smallest absolute Gasteiger partial charge is 0.128 e. The van der Waals surface area contributed by atoms with Crippen molar-refractivity contribution in [3.8, 4) is 0 Å². The molecule has 2 heterocycles. The summed E-state index contributed by atoms with van der Waals surface area (Å²) in [5.74, 6) is 2.21. The summed E-state index contributed by atoms with van der Waals surface area (Å²) in [5, 5.41) is 2.32. The van der Waals surface area contributed by atoms with Gasteiger partial charge in [0.15, 0.2) is 0 Å². The van der Waals surface area contributed by atoms with Gasteiger partial charge in [-0.25, -0.2) is 9.97 Å². The molecule has 0 N–H and O–H groups in total. The molecule has 1 unspecified atom stereocenters. The Balaban J connectivity index is 2.33. The Morgan fingerprint density at radius 3 is 2.88 bits per heavy atom. The topological polar surface area (TPSA) is 25.8 Å². The van der Waals surface area contributed by atoms with Crippen LogP contribution in [0, 0.1) is 19.8 Å². The molecule has 2 nitrogen and oxygen atoms in total. The molecule has 0 radical (unpaired) electrons. The van der Waals surface area contributed by atoms with Crippen molar-refractivity contribution < 1.29 is 0 Å². The van der Waals surface area contributed by atoms with Gasteiger partial charge in [-0.15, -0.1) is 34.7 Å². The SMILES string of the molecule is Cc1sc2ncnc(SCC(C)CCl)c2c1C. The Labute approximate surface area is 115 Å². The summed E-state index contributed by atoms with van der Waals surface area (Å²) in [5.41, 5.74) is 1.31. The minimum absolute atomic E-state index is 0.506. The summed E-state index contributed by atoms with van der Waals surface area (Å²) >= 11 is 9.35. The number of thioether (sulfide) groups is 1. The summed E-state index contributed by atoms with van der Waals surface area (Å²) < 4.78 is 0. The normalized spacial score (nSPS) is 13.2. The Morgan fingerprint density at radius 1 is 1.41 bits per heavy atom. The van der Waals surface area contributed by atoms with Gasteiger partial charge < -0.3 is 0 Å². The van der Waals surface area contributed by atoms with Crippen molar-refractivity contribution in [2.24, 2.45) is 5.92 Å². The molecule has 0 saturated carbocycles. The maximum atomic E-state index is 5.83. The molecule has 1 atom stereocenters. The van der Waals surface area contributed by atoms with Crippen LogP contribution in [0.2, 0.25) is 0 Å². The number of fused-ring (bicyclic) bond motifs is 1. The number of halogens is 1. The second kappa shape index (κ2) is 5.55. The summed E-state index contributed by atoms with van der Waals surface area (Å²) in [6, 6.07) is 0. The van der Waals surface area contributed by atoms with Crippen LogP contribution < -0.4 is 0 Å². The molecule has 17 heavy (non-hydrogen) atoms. The van der Waals surface area contributed by atoms with E-state index in [4.69, 9.17) is 11.6 Å². The highest BCUT2D eigenvalue weighted by atomic mass is 35.5. The van der Waals surface area contributed by atoms with Crippen molar-refractivity contribution in [2.45, 2.75) is 25.8 Å². The first-order valence-corrected chi connectivity index (χ1v) is 7.86. The lowest BCUT2D eigenvalue weighted by Crippen LogP contribution is -1.99. The molecule has 5 heteroatoms. The Bertz CT molecular complexity index is 524. The van der Waals surface area contributed by atoms with E-state index >= 15 is 0 Å². The number of aryl methyl sites for hydroxylation is 2. The standard InChI is InChI=1S/C12H15ClN2S2/c1-7(4-13)5-16-11-10-8(2)9(3)17-12(10)15-6-14-11/h6-7H,4-5H2,1-3H3. The number of alkyl halides is 1. The molecule has 2 aromatic rings. The van der Waals surface area contributed by atoms with Crippen LogP contribution in [-0.4, -0.2) is 21.6 Å². The quantitative estimate of drug-likeness (QED) is 0.477. The average Bonchev–Trinajstić information content (AvgIpc) is 2.63. The van der Waals surface area contributed by atoms with E-state index in [1.807, 2.05) is 0 Å². The highest BCUT2D eigenvalue weighted by molar-refractivity contribution is 7.99. The minimum Gasteiger partial charge on any atom is -0.229 e. The third-order valence-corrected chi connectivity index (χ3v) is 5.66. The predicted octanol–water partition coefficient (Wildman–Crippen LogP) is 4.28. The molecule has 0 aliphatic carbocycles. The van der Waals surface area contributed by atoms with Crippen molar-refractivity contribution >= 4 is 44.9 Å². The molecule has 2 rings (SSSR count). The number of nitrogens with zero attached hydrogens (tertiary/aromatic N) is 2. The van der Waals surface area contributed by atoms with Gasteiger partial charge in [0.05, 0.1) is 0 Å². The van der Waals surface area contributed by atoms with Gasteiger partial charge in [-0.2, -0.15) is 0 Å². The summed E-state index contributed by atoms with van der Waals surface area (Å²) in [7, 11) is 0. The van der Waals surface area contributed by atoms with Crippen molar-refractivity contribution in [3.63, 3.8) is 0 Å². The molecule has 92 valence electrons. The van der Waals surface area contributed by atoms with Crippen molar-refractivity contribution in [1.82, 2.24) is 9.97 Å². The number of thiophene rings is 1. The zero-order valence-corrected chi connectivity index (χ0v) is 12.5. The first-order chi connectivity index (χ1) is 8.13. The van der Waals surface area contributed by atoms with Gasteiger partial charge in [0, 0.05) is 21.9 Å². The summed E-state index contributed by atoms with van der Waals surface area (Å²) in [4.78, 5) is 11.2. The lowest BCUT2D eigenvalue weighted by atomic mass is 10.2. The van der Waals surface area contributed by atoms with E-state index in [2.05, 4.69) is 30.7 Å². The van der Waals surface area contributed by atoms with Gasteiger partial charge in [-0.05, 0) is 25.3 Å². The number of aromatic nitrogens is 2. The van der Waals surface area contributed by atoms with Crippen LogP contribution in [0.5, 0.6) is 0 Å². The number of hydrogen-bond acceptors (Lipinski definition) is 4. The molecule has 0 aromatic carbocycles. The lowest BCUT2D eigenvalue weighted by molar-refractivity contribution is 0.758. The molecule has 0 saturated heterocycles. The summed E-state index contributed by atoms with van der Waals surface area (Å²) in [6.07, 6.45) is 1.66. The van der Waals surface area contributed by atoms with E-state index < -0.39 is 0 Å². The fourth-order valence-corrected chi connectivity index (χ4v) is 3.90. The van der Waals surface area contributed by atoms with Crippen molar-refractivity contribution in [2.75, 3.05) is 11.6 Å². The molecule has 0 fully saturated rings. The molecule has 0 amide bonds. The van der Waals surface area contributed by atoms with Gasteiger partial charge in [-0.1, -0.05) is 6.92 Å². The van der Waals surface area contributed by atoms with E-state index in [1.54, 1.807) is 29.4 Å². The molecule has 0 bridgehead atoms. The molecule has 0 aliphatic rings. The largest absolute Gasteiger partial charge is 0.229 e. The minimum atomic E-state index is 0.506.